The van der Waals surface area contributed by atoms with E-state index in [4.69, 9.17) is 28.2 Å². The number of carbonyl (C=O) groups excluding carboxylic acids is 1. The Labute approximate surface area is 208 Å². The summed E-state index contributed by atoms with van der Waals surface area (Å²) in [6.07, 6.45) is 1.94. The monoisotopic (exact) mass is 493 g/mol. The third-order valence-corrected chi connectivity index (χ3v) is 7.05. The zero-order valence-corrected chi connectivity index (χ0v) is 20.6. The number of halogens is 2. The number of hydrogen-bond donors (Lipinski definition) is 0. The molecule has 1 saturated heterocycles. The molecule has 3 heterocycles. The predicted octanol–water partition coefficient (Wildman–Crippen LogP) is 5.21. The molecule has 0 aliphatic carbocycles. The number of rotatable bonds is 4. The number of benzene rings is 2. The molecule has 0 N–H and O–H groups in total. The summed E-state index contributed by atoms with van der Waals surface area (Å²) in [6.45, 7) is 5.41. The van der Waals surface area contributed by atoms with Crippen LogP contribution in [0.2, 0.25) is 10.0 Å². The quantitative estimate of drug-likeness (QED) is 0.391. The van der Waals surface area contributed by atoms with E-state index >= 15 is 0 Å². The summed E-state index contributed by atoms with van der Waals surface area (Å²) in [5.74, 6) is 0.0248. The smallest absolute Gasteiger partial charge is 0.254 e. The van der Waals surface area contributed by atoms with E-state index in [0.29, 0.717) is 35.2 Å². The number of fused-ring (bicyclic) bond motifs is 1. The standard InChI is InChI=1S/C26H25Cl2N5O/c1-17-20(15-31(2)30-17)25-14-19(18-6-3-4-9-24(18)29-25)26(34)33-12-10-32(11-13-33)16-21-22(27)7-5-8-23(21)28/h3-9,14-15H,10-13,16H2,1-2H3. The van der Waals surface area contributed by atoms with Crippen molar-refractivity contribution in [3.63, 3.8) is 0 Å². The molecule has 1 aliphatic heterocycles. The largest absolute Gasteiger partial charge is 0.336 e. The van der Waals surface area contributed by atoms with E-state index in [1.54, 1.807) is 4.68 Å². The van der Waals surface area contributed by atoms with Gasteiger partial charge in [0.15, 0.2) is 0 Å². The summed E-state index contributed by atoms with van der Waals surface area (Å²) in [5, 5.41) is 6.66. The van der Waals surface area contributed by atoms with E-state index in [9.17, 15) is 4.79 Å². The maximum atomic E-state index is 13.7. The first-order valence-corrected chi connectivity index (χ1v) is 12.0. The average molecular weight is 494 g/mol. The zero-order valence-electron chi connectivity index (χ0n) is 19.1. The van der Waals surface area contributed by atoms with Gasteiger partial charge in [0.05, 0.1) is 22.5 Å². The molecule has 2 aromatic heterocycles. The maximum Gasteiger partial charge on any atom is 0.254 e. The van der Waals surface area contributed by atoms with Crippen LogP contribution in [0.4, 0.5) is 0 Å². The fourth-order valence-electron chi connectivity index (χ4n) is 4.53. The van der Waals surface area contributed by atoms with Crippen LogP contribution in [0.25, 0.3) is 22.2 Å². The van der Waals surface area contributed by atoms with Crippen molar-refractivity contribution >= 4 is 40.0 Å². The molecular weight excluding hydrogens is 469 g/mol. The summed E-state index contributed by atoms with van der Waals surface area (Å²) in [7, 11) is 1.89. The molecule has 0 spiro atoms. The second kappa shape index (κ2) is 9.37. The number of pyridine rings is 1. The van der Waals surface area contributed by atoms with Crippen LogP contribution in [-0.2, 0) is 13.6 Å². The lowest BCUT2D eigenvalue weighted by Crippen LogP contribution is -2.48. The molecule has 5 rings (SSSR count). The van der Waals surface area contributed by atoms with Crippen molar-refractivity contribution in [3.8, 4) is 11.3 Å². The summed E-state index contributed by atoms with van der Waals surface area (Å²) in [5.41, 5.74) is 4.99. The Morgan fingerprint density at radius 3 is 2.38 bits per heavy atom. The molecule has 0 radical (unpaired) electrons. The molecule has 0 bridgehead atoms. The molecule has 174 valence electrons. The lowest BCUT2D eigenvalue weighted by atomic mass is 10.0. The number of carbonyl (C=O) groups is 1. The fraction of sp³-hybridized carbons (Fsp3) is 0.269. The van der Waals surface area contributed by atoms with Gasteiger partial charge in [-0.3, -0.25) is 14.4 Å². The van der Waals surface area contributed by atoms with Crippen LogP contribution in [0.1, 0.15) is 21.6 Å². The fourth-order valence-corrected chi connectivity index (χ4v) is 5.04. The van der Waals surface area contributed by atoms with E-state index < -0.39 is 0 Å². The predicted molar refractivity (Wildman–Crippen MR) is 136 cm³/mol. The van der Waals surface area contributed by atoms with Crippen molar-refractivity contribution < 1.29 is 4.79 Å². The van der Waals surface area contributed by atoms with E-state index in [0.717, 1.165) is 46.5 Å². The second-order valence-corrected chi connectivity index (χ2v) is 9.46. The van der Waals surface area contributed by atoms with Gasteiger partial charge in [-0.1, -0.05) is 47.5 Å². The highest BCUT2D eigenvalue weighted by atomic mass is 35.5. The SMILES string of the molecule is Cc1nn(C)cc1-c1cc(C(=O)N2CCN(Cc3c(Cl)cccc3Cl)CC2)c2ccccc2n1. The van der Waals surface area contributed by atoms with Gasteiger partial charge in [0.25, 0.3) is 5.91 Å². The minimum Gasteiger partial charge on any atom is -0.336 e. The van der Waals surface area contributed by atoms with Crippen LogP contribution in [0.5, 0.6) is 0 Å². The van der Waals surface area contributed by atoms with Crippen molar-refractivity contribution in [2.45, 2.75) is 13.5 Å². The van der Waals surface area contributed by atoms with Gasteiger partial charge in [-0.2, -0.15) is 5.10 Å². The summed E-state index contributed by atoms with van der Waals surface area (Å²) >= 11 is 12.7. The molecule has 0 saturated carbocycles. The molecule has 1 fully saturated rings. The van der Waals surface area contributed by atoms with Gasteiger partial charge < -0.3 is 4.90 Å². The van der Waals surface area contributed by atoms with Crippen molar-refractivity contribution in [2.75, 3.05) is 26.2 Å². The Balaban J connectivity index is 1.39. The average Bonchev–Trinajstić information content (AvgIpc) is 3.18. The van der Waals surface area contributed by atoms with Crippen molar-refractivity contribution in [2.24, 2.45) is 7.05 Å². The molecule has 1 amide bonds. The summed E-state index contributed by atoms with van der Waals surface area (Å²) in [6, 6.07) is 15.3. The number of aryl methyl sites for hydroxylation is 2. The molecule has 34 heavy (non-hydrogen) atoms. The van der Waals surface area contributed by atoms with E-state index in [1.165, 1.54) is 0 Å². The summed E-state index contributed by atoms with van der Waals surface area (Å²) in [4.78, 5) is 22.7. The molecule has 4 aromatic rings. The second-order valence-electron chi connectivity index (χ2n) is 8.64. The molecule has 2 aromatic carbocycles. The third-order valence-electron chi connectivity index (χ3n) is 6.34. The highest BCUT2D eigenvalue weighted by Crippen LogP contribution is 2.29. The van der Waals surface area contributed by atoms with Crippen molar-refractivity contribution in [3.05, 3.63) is 81.6 Å². The number of hydrogen-bond acceptors (Lipinski definition) is 4. The molecule has 8 heteroatoms. The molecule has 6 nitrogen and oxygen atoms in total. The lowest BCUT2D eigenvalue weighted by molar-refractivity contribution is 0.0630. The van der Waals surface area contributed by atoms with Crippen molar-refractivity contribution in [1.82, 2.24) is 24.6 Å². The molecule has 0 atom stereocenters. The van der Waals surface area contributed by atoms with Gasteiger partial charge in [-0.05, 0) is 31.2 Å². The number of piperazine rings is 1. The lowest BCUT2D eigenvalue weighted by Gasteiger charge is -2.35. The Morgan fingerprint density at radius 1 is 1.00 bits per heavy atom. The van der Waals surface area contributed by atoms with Crippen LogP contribution in [0.15, 0.2) is 54.7 Å². The number of para-hydroxylation sites is 1. The van der Waals surface area contributed by atoms with Crippen LogP contribution in [-0.4, -0.2) is 56.7 Å². The minimum atomic E-state index is 0.0248. The minimum absolute atomic E-state index is 0.0248. The van der Waals surface area contributed by atoms with Crippen LogP contribution in [0, 0.1) is 6.92 Å². The van der Waals surface area contributed by atoms with Gasteiger partial charge in [0.2, 0.25) is 0 Å². The Hall–Kier alpha value is -2.93. The molecular formula is C26H25Cl2N5O. The Bertz CT molecular complexity index is 1350. The van der Waals surface area contributed by atoms with Gasteiger partial charge >= 0.3 is 0 Å². The number of aromatic nitrogens is 3. The number of nitrogens with zero attached hydrogens (tertiary/aromatic N) is 5. The van der Waals surface area contributed by atoms with E-state index in [1.807, 2.05) is 73.6 Å². The molecule has 1 aliphatic rings. The maximum absolute atomic E-state index is 13.7. The highest BCUT2D eigenvalue weighted by molar-refractivity contribution is 6.36. The normalized spacial score (nSPS) is 14.6. The summed E-state index contributed by atoms with van der Waals surface area (Å²) < 4.78 is 1.77. The first kappa shape index (κ1) is 22.8. The first-order valence-electron chi connectivity index (χ1n) is 11.3. The van der Waals surface area contributed by atoms with E-state index in [-0.39, 0.29) is 5.91 Å². The van der Waals surface area contributed by atoms with Gasteiger partial charge in [-0.25, -0.2) is 4.98 Å². The zero-order chi connectivity index (χ0) is 23.8. The van der Waals surface area contributed by atoms with Crippen LogP contribution >= 0.6 is 23.2 Å². The van der Waals surface area contributed by atoms with E-state index in [2.05, 4.69) is 10.00 Å². The number of amides is 1. The van der Waals surface area contributed by atoms with Gasteiger partial charge in [0.1, 0.15) is 0 Å². The Kier molecular flexibility index (Phi) is 6.30. The topological polar surface area (TPSA) is 54.3 Å². The van der Waals surface area contributed by atoms with Crippen LogP contribution < -0.4 is 0 Å². The van der Waals surface area contributed by atoms with Crippen molar-refractivity contribution in [1.29, 1.82) is 0 Å². The first-order chi connectivity index (χ1) is 16.4. The van der Waals surface area contributed by atoms with Gasteiger partial charge in [0, 0.05) is 72.5 Å². The third kappa shape index (κ3) is 4.41. The Morgan fingerprint density at radius 2 is 1.71 bits per heavy atom. The highest BCUT2D eigenvalue weighted by Gasteiger charge is 2.25. The molecule has 0 unspecified atom stereocenters. The van der Waals surface area contributed by atoms with Gasteiger partial charge in [-0.15, -0.1) is 0 Å². The van der Waals surface area contributed by atoms with Crippen LogP contribution in [0.3, 0.4) is 0 Å².